The molecule has 21 heavy (non-hydrogen) atoms. The van der Waals surface area contributed by atoms with Gasteiger partial charge in [0.05, 0.1) is 6.20 Å². The van der Waals surface area contributed by atoms with E-state index in [4.69, 9.17) is 4.84 Å². The van der Waals surface area contributed by atoms with Gasteiger partial charge in [0.1, 0.15) is 11.6 Å². The van der Waals surface area contributed by atoms with Gasteiger partial charge in [0.15, 0.2) is 0 Å². The molecule has 0 aromatic carbocycles. The number of hydrogen-bond acceptors (Lipinski definition) is 5. The minimum Gasteiger partial charge on any atom is -0.414 e. The van der Waals surface area contributed by atoms with Crippen LogP contribution in [-0.2, 0) is 4.84 Å². The molecule has 0 spiro atoms. The molecule has 0 bridgehead atoms. The number of aromatic nitrogens is 2. The summed E-state index contributed by atoms with van der Waals surface area (Å²) in [6.45, 7) is 14.0. The van der Waals surface area contributed by atoms with Crippen LogP contribution >= 0.6 is 0 Å². The Labute approximate surface area is 127 Å². The molecule has 5 heteroatoms. The molecular weight excluding hydrogens is 264 g/mol. The van der Waals surface area contributed by atoms with E-state index in [1.54, 1.807) is 19.4 Å². The molecule has 1 aromatic heterocycles. The van der Waals surface area contributed by atoms with Crippen LogP contribution in [0, 0.1) is 11.3 Å². The number of nitrogens with zero attached hydrogens (tertiary/aromatic N) is 3. The zero-order valence-electron chi connectivity index (χ0n) is 13.7. The molecule has 0 radical (unpaired) electrons. The summed E-state index contributed by atoms with van der Waals surface area (Å²) in [7, 11) is 1.76. The van der Waals surface area contributed by atoms with E-state index in [-0.39, 0.29) is 11.0 Å². The Kier molecular flexibility index (Phi) is 4.23. The Hall–Kier alpha value is -1.62. The fourth-order valence-electron chi connectivity index (χ4n) is 3.62. The van der Waals surface area contributed by atoms with Crippen molar-refractivity contribution in [3.63, 3.8) is 0 Å². The van der Waals surface area contributed by atoms with Crippen molar-refractivity contribution in [3.8, 4) is 0 Å². The molecule has 1 aliphatic rings. The van der Waals surface area contributed by atoms with Crippen LogP contribution in [0.25, 0.3) is 0 Å². The molecule has 1 saturated heterocycles. The van der Waals surface area contributed by atoms with Gasteiger partial charge in [-0.1, -0.05) is 20.4 Å². The van der Waals surface area contributed by atoms with Gasteiger partial charge in [0.2, 0.25) is 0 Å². The Morgan fingerprint density at radius 1 is 1.48 bits per heavy atom. The molecule has 116 valence electrons. The molecule has 1 N–H and O–H groups in total. The first kappa shape index (κ1) is 15.8. The van der Waals surface area contributed by atoms with E-state index in [2.05, 4.69) is 54.6 Å². The lowest BCUT2D eigenvalue weighted by atomic mass is 9.68. The van der Waals surface area contributed by atoms with Gasteiger partial charge in [-0.15, -0.1) is 0 Å². The van der Waals surface area contributed by atoms with Crippen molar-refractivity contribution in [2.75, 3.05) is 18.5 Å². The van der Waals surface area contributed by atoms with Crippen LogP contribution in [-0.4, -0.2) is 29.1 Å². The normalized spacial score (nSPS) is 21.4. The maximum Gasteiger partial charge on any atom is 0.147 e. The number of hydrogen-bond donors (Lipinski definition) is 1. The molecule has 2 rings (SSSR count). The Morgan fingerprint density at radius 2 is 2.19 bits per heavy atom. The van der Waals surface area contributed by atoms with Crippen LogP contribution in [0.3, 0.4) is 0 Å². The molecule has 0 saturated carbocycles. The highest BCUT2D eigenvalue weighted by Crippen LogP contribution is 2.49. The third-order valence-electron chi connectivity index (χ3n) is 4.83. The summed E-state index contributed by atoms with van der Waals surface area (Å²) in [6, 6.07) is 0. The third-order valence-corrected chi connectivity index (χ3v) is 4.83. The predicted molar refractivity (Wildman–Crippen MR) is 84.6 cm³/mol. The SMILES string of the molecule is C=C(ONC)C(C)(C)C1CCN(c2cnccn2)C1(C)C. The van der Waals surface area contributed by atoms with Gasteiger partial charge in [-0.2, -0.15) is 5.48 Å². The van der Waals surface area contributed by atoms with Gasteiger partial charge in [0, 0.05) is 36.9 Å². The summed E-state index contributed by atoms with van der Waals surface area (Å²) in [5.41, 5.74) is 2.55. The van der Waals surface area contributed by atoms with Crippen molar-refractivity contribution in [2.45, 2.75) is 39.7 Å². The maximum atomic E-state index is 5.46. The molecule has 1 atom stereocenters. The van der Waals surface area contributed by atoms with Gasteiger partial charge in [-0.3, -0.25) is 4.98 Å². The maximum absolute atomic E-state index is 5.46. The third kappa shape index (κ3) is 2.75. The van der Waals surface area contributed by atoms with Crippen molar-refractivity contribution in [1.29, 1.82) is 0 Å². The molecule has 1 aliphatic heterocycles. The summed E-state index contributed by atoms with van der Waals surface area (Å²) in [5.74, 6) is 2.11. The Morgan fingerprint density at radius 3 is 2.76 bits per heavy atom. The van der Waals surface area contributed by atoms with E-state index >= 15 is 0 Å². The minimum absolute atomic E-state index is 0.0421. The molecule has 1 fully saturated rings. The second kappa shape index (κ2) is 5.64. The van der Waals surface area contributed by atoms with Crippen molar-refractivity contribution in [3.05, 3.63) is 30.9 Å². The molecular formula is C16H26N4O. The van der Waals surface area contributed by atoms with E-state index in [0.29, 0.717) is 5.92 Å². The average molecular weight is 290 g/mol. The Bertz CT molecular complexity index is 498. The summed E-state index contributed by atoms with van der Waals surface area (Å²) in [5, 5.41) is 0. The van der Waals surface area contributed by atoms with Gasteiger partial charge in [0.25, 0.3) is 0 Å². The van der Waals surface area contributed by atoms with E-state index in [0.717, 1.165) is 24.5 Å². The highest BCUT2D eigenvalue weighted by atomic mass is 16.6. The standard InChI is InChI=1S/C16H26N4O/c1-12(21-17-6)15(2,3)13-7-10-20(16(13,4)5)14-11-18-8-9-19-14/h8-9,11,13,17H,1,7,10H2,2-6H3. The van der Waals surface area contributed by atoms with Crippen LogP contribution in [0.2, 0.25) is 0 Å². The smallest absolute Gasteiger partial charge is 0.147 e. The van der Waals surface area contributed by atoms with Crippen LogP contribution in [0.1, 0.15) is 34.1 Å². The van der Waals surface area contributed by atoms with Gasteiger partial charge >= 0.3 is 0 Å². The average Bonchev–Trinajstić information content (AvgIpc) is 2.75. The van der Waals surface area contributed by atoms with E-state index < -0.39 is 0 Å². The fourth-order valence-corrected chi connectivity index (χ4v) is 3.62. The first-order valence-corrected chi connectivity index (χ1v) is 7.38. The molecule has 5 nitrogen and oxygen atoms in total. The van der Waals surface area contributed by atoms with Gasteiger partial charge < -0.3 is 9.74 Å². The highest BCUT2D eigenvalue weighted by molar-refractivity contribution is 5.42. The molecule has 0 amide bonds. The Balaban J connectivity index is 2.27. The van der Waals surface area contributed by atoms with Gasteiger partial charge in [-0.05, 0) is 26.2 Å². The summed E-state index contributed by atoms with van der Waals surface area (Å²) < 4.78 is 0. The highest BCUT2D eigenvalue weighted by Gasteiger charge is 2.50. The molecule has 1 aromatic rings. The molecule has 0 aliphatic carbocycles. The fraction of sp³-hybridized carbons (Fsp3) is 0.625. The van der Waals surface area contributed by atoms with E-state index in [1.165, 1.54) is 0 Å². The first-order chi connectivity index (χ1) is 9.81. The molecule has 1 unspecified atom stereocenters. The number of allylic oxidation sites excluding steroid dienone is 1. The second-order valence-electron chi connectivity index (χ2n) is 6.66. The zero-order chi connectivity index (χ0) is 15.7. The number of hydroxylamine groups is 1. The first-order valence-electron chi connectivity index (χ1n) is 7.38. The zero-order valence-corrected chi connectivity index (χ0v) is 13.7. The van der Waals surface area contributed by atoms with E-state index in [1.807, 2.05) is 6.20 Å². The largest absolute Gasteiger partial charge is 0.414 e. The van der Waals surface area contributed by atoms with Crippen LogP contribution in [0.4, 0.5) is 5.82 Å². The lowest BCUT2D eigenvalue weighted by Gasteiger charge is -2.44. The quantitative estimate of drug-likeness (QED) is 0.667. The number of anilines is 1. The monoisotopic (exact) mass is 290 g/mol. The van der Waals surface area contributed by atoms with Crippen LogP contribution in [0.5, 0.6) is 0 Å². The van der Waals surface area contributed by atoms with Crippen molar-refractivity contribution in [2.24, 2.45) is 11.3 Å². The van der Waals surface area contributed by atoms with Crippen molar-refractivity contribution in [1.82, 2.24) is 15.4 Å². The summed E-state index contributed by atoms with van der Waals surface area (Å²) in [4.78, 5) is 16.4. The predicted octanol–water partition coefficient (Wildman–Crippen LogP) is 2.77. The number of rotatable bonds is 5. The lowest BCUT2D eigenvalue weighted by molar-refractivity contribution is 0.0415. The second-order valence-corrected chi connectivity index (χ2v) is 6.66. The summed E-state index contributed by atoms with van der Waals surface area (Å²) in [6.07, 6.45) is 6.35. The van der Waals surface area contributed by atoms with Crippen molar-refractivity contribution >= 4 is 5.82 Å². The van der Waals surface area contributed by atoms with E-state index in [9.17, 15) is 0 Å². The van der Waals surface area contributed by atoms with Crippen LogP contribution < -0.4 is 10.4 Å². The number of nitrogens with one attached hydrogen (secondary N) is 1. The van der Waals surface area contributed by atoms with Gasteiger partial charge in [-0.25, -0.2) is 4.98 Å². The lowest BCUT2D eigenvalue weighted by Crippen LogP contribution is -2.48. The topological polar surface area (TPSA) is 50.3 Å². The molecule has 2 heterocycles. The minimum atomic E-state index is -0.135. The van der Waals surface area contributed by atoms with Crippen molar-refractivity contribution < 1.29 is 4.84 Å². The summed E-state index contributed by atoms with van der Waals surface area (Å²) >= 11 is 0. The van der Waals surface area contributed by atoms with Crippen LogP contribution in [0.15, 0.2) is 30.9 Å².